The summed E-state index contributed by atoms with van der Waals surface area (Å²) in [5, 5.41) is 15.0. The number of ether oxygens (including phenoxy) is 1. The van der Waals surface area contributed by atoms with Crippen molar-refractivity contribution in [1.82, 2.24) is 23.7 Å². The first-order valence-corrected chi connectivity index (χ1v) is 11.1. The van der Waals surface area contributed by atoms with Crippen molar-refractivity contribution < 1.29 is 9.84 Å². The van der Waals surface area contributed by atoms with Crippen LogP contribution in [0.5, 0.6) is 5.75 Å². The fourth-order valence-electron chi connectivity index (χ4n) is 3.63. The van der Waals surface area contributed by atoms with E-state index in [2.05, 4.69) is 27.4 Å². The molecule has 0 spiro atoms. The van der Waals surface area contributed by atoms with Gasteiger partial charge in [-0.3, -0.25) is 18.9 Å². The van der Waals surface area contributed by atoms with Gasteiger partial charge in [-0.2, -0.15) is 10.1 Å². The van der Waals surface area contributed by atoms with Crippen LogP contribution in [0.4, 0.5) is 5.95 Å². The van der Waals surface area contributed by atoms with Gasteiger partial charge in [0.05, 0.1) is 12.8 Å². The fraction of sp³-hybridized carbons (Fsp3) is 0.292. The van der Waals surface area contributed by atoms with Gasteiger partial charge in [0.1, 0.15) is 18.5 Å². The lowest BCUT2D eigenvalue weighted by molar-refractivity contribution is 0.0938. The van der Waals surface area contributed by atoms with Gasteiger partial charge in [0.2, 0.25) is 5.95 Å². The number of aliphatic hydroxyl groups is 1. The Hall–Kier alpha value is -4.25. The molecule has 0 radical (unpaired) electrons. The Labute approximate surface area is 201 Å². The van der Waals surface area contributed by atoms with Gasteiger partial charge < -0.3 is 14.4 Å². The van der Waals surface area contributed by atoms with Gasteiger partial charge in [-0.25, -0.2) is 10.2 Å². The number of anilines is 1. The zero-order valence-electron chi connectivity index (χ0n) is 19.8. The van der Waals surface area contributed by atoms with E-state index in [4.69, 9.17) is 4.74 Å². The van der Waals surface area contributed by atoms with E-state index in [0.717, 1.165) is 22.1 Å². The number of hydrogen-bond donors (Lipinski definition) is 2. The second-order valence-corrected chi connectivity index (χ2v) is 8.04. The number of nitrogens with zero attached hydrogens (tertiary/aromatic N) is 6. The van der Waals surface area contributed by atoms with Crippen LogP contribution in [0, 0.1) is 0 Å². The maximum atomic E-state index is 13.0. The highest BCUT2D eigenvalue weighted by molar-refractivity contribution is 5.80. The predicted molar refractivity (Wildman–Crippen MR) is 133 cm³/mol. The van der Waals surface area contributed by atoms with Crippen LogP contribution in [0.25, 0.3) is 11.2 Å². The molecule has 3 aromatic heterocycles. The summed E-state index contributed by atoms with van der Waals surface area (Å²) in [4.78, 5) is 33.8. The maximum Gasteiger partial charge on any atom is 0.332 e. The molecular formula is C24H27N7O4. The number of rotatable bonds is 9. The average molecular weight is 478 g/mol. The normalized spacial score (nSPS) is 12.3. The minimum atomic E-state index is -0.968. The summed E-state index contributed by atoms with van der Waals surface area (Å²) in [6, 6.07) is 11.2. The minimum absolute atomic E-state index is 0.00135. The first-order chi connectivity index (χ1) is 16.9. The molecule has 0 aliphatic heterocycles. The molecule has 11 heteroatoms. The van der Waals surface area contributed by atoms with Crippen molar-refractivity contribution in [1.29, 1.82) is 0 Å². The number of nitrogens with one attached hydrogen (secondary N) is 1. The Kier molecular flexibility index (Phi) is 7.06. The van der Waals surface area contributed by atoms with E-state index in [1.165, 1.54) is 23.2 Å². The number of benzene rings is 1. The standard InChI is InChI=1S/C24H27N7O4/c1-4-16-6-5-7-19(12-16)35-15-18(32)14-31-20-21(29(2)24(34)30(3)22(20)33)27-23(31)28-26-13-17-8-10-25-11-9-17/h5-13,18,32H,4,14-15H2,1-3H3,(H,27,28)/b26-13+. The summed E-state index contributed by atoms with van der Waals surface area (Å²) in [6.07, 6.45) is 4.76. The van der Waals surface area contributed by atoms with E-state index in [1.54, 1.807) is 30.7 Å². The van der Waals surface area contributed by atoms with Crippen LogP contribution in [-0.4, -0.2) is 47.7 Å². The highest BCUT2D eigenvalue weighted by atomic mass is 16.5. The van der Waals surface area contributed by atoms with Gasteiger partial charge in [0.25, 0.3) is 5.56 Å². The summed E-state index contributed by atoms with van der Waals surface area (Å²) in [6.45, 7) is 2.04. The number of hydrazone groups is 1. The van der Waals surface area contributed by atoms with Crippen molar-refractivity contribution in [2.24, 2.45) is 19.2 Å². The van der Waals surface area contributed by atoms with Crippen LogP contribution >= 0.6 is 0 Å². The molecule has 0 bridgehead atoms. The molecule has 0 fully saturated rings. The molecule has 35 heavy (non-hydrogen) atoms. The lowest BCUT2D eigenvalue weighted by Crippen LogP contribution is -2.38. The van der Waals surface area contributed by atoms with Crippen molar-refractivity contribution in [2.45, 2.75) is 26.0 Å². The van der Waals surface area contributed by atoms with Gasteiger partial charge in [0, 0.05) is 26.5 Å². The van der Waals surface area contributed by atoms with Crippen LogP contribution in [-0.2, 0) is 27.1 Å². The van der Waals surface area contributed by atoms with Crippen molar-refractivity contribution in [2.75, 3.05) is 12.0 Å². The van der Waals surface area contributed by atoms with Gasteiger partial charge in [-0.05, 0) is 41.8 Å². The van der Waals surface area contributed by atoms with Crippen molar-refractivity contribution in [3.63, 3.8) is 0 Å². The number of aromatic nitrogens is 5. The summed E-state index contributed by atoms with van der Waals surface area (Å²) in [5.74, 6) is 0.855. The van der Waals surface area contributed by atoms with Crippen LogP contribution in [0.3, 0.4) is 0 Å². The Balaban J connectivity index is 1.64. The molecule has 4 aromatic rings. The zero-order valence-corrected chi connectivity index (χ0v) is 19.8. The maximum absolute atomic E-state index is 13.0. The first-order valence-electron chi connectivity index (χ1n) is 11.1. The van der Waals surface area contributed by atoms with Crippen molar-refractivity contribution in [3.05, 3.63) is 80.8 Å². The topological polar surface area (TPSA) is 129 Å². The number of aryl methyl sites for hydroxylation is 2. The van der Waals surface area contributed by atoms with E-state index in [1.807, 2.05) is 24.3 Å². The summed E-state index contributed by atoms with van der Waals surface area (Å²) in [7, 11) is 2.93. The SMILES string of the molecule is CCc1cccc(OCC(O)Cn2c(N/N=C/c3ccncc3)nc3c2c(=O)n(C)c(=O)n3C)c1. The number of imidazole rings is 1. The summed E-state index contributed by atoms with van der Waals surface area (Å²) < 4.78 is 9.57. The average Bonchev–Trinajstić information content (AvgIpc) is 3.23. The molecule has 1 atom stereocenters. The molecule has 0 saturated carbocycles. The smallest absolute Gasteiger partial charge is 0.332 e. The molecular weight excluding hydrogens is 450 g/mol. The predicted octanol–water partition coefficient (Wildman–Crippen LogP) is 1.28. The molecule has 1 unspecified atom stereocenters. The number of fused-ring (bicyclic) bond motifs is 1. The third-order valence-electron chi connectivity index (χ3n) is 5.57. The molecule has 0 amide bonds. The fourth-order valence-corrected chi connectivity index (χ4v) is 3.63. The van der Waals surface area contributed by atoms with Gasteiger partial charge in [-0.1, -0.05) is 19.1 Å². The highest BCUT2D eigenvalue weighted by Gasteiger charge is 2.21. The van der Waals surface area contributed by atoms with Gasteiger partial charge >= 0.3 is 5.69 Å². The molecule has 0 aliphatic rings. The second-order valence-electron chi connectivity index (χ2n) is 8.04. The van der Waals surface area contributed by atoms with Crippen LogP contribution in [0.1, 0.15) is 18.1 Å². The summed E-state index contributed by atoms with van der Waals surface area (Å²) >= 11 is 0. The first kappa shape index (κ1) is 23.9. The molecule has 3 heterocycles. The van der Waals surface area contributed by atoms with Crippen molar-refractivity contribution in [3.8, 4) is 5.75 Å². The zero-order chi connectivity index (χ0) is 24.9. The number of hydrogen-bond acceptors (Lipinski definition) is 8. The number of pyridine rings is 1. The third kappa shape index (κ3) is 5.14. The quantitative estimate of drug-likeness (QED) is 0.274. The molecule has 2 N–H and O–H groups in total. The largest absolute Gasteiger partial charge is 0.491 e. The lowest BCUT2D eigenvalue weighted by Gasteiger charge is -2.15. The Morgan fingerprint density at radius 1 is 1.17 bits per heavy atom. The van der Waals surface area contributed by atoms with Gasteiger partial charge in [0.15, 0.2) is 11.2 Å². The molecule has 1 aromatic carbocycles. The molecule has 11 nitrogen and oxygen atoms in total. The van der Waals surface area contributed by atoms with Crippen molar-refractivity contribution >= 4 is 23.3 Å². The minimum Gasteiger partial charge on any atom is -0.491 e. The Morgan fingerprint density at radius 2 is 1.94 bits per heavy atom. The number of aliphatic hydroxyl groups excluding tert-OH is 1. The van der Waals surface area contributed by atoms with Crippen LogP contribution < -0.4 is 21.4 Å². The third-order valence-corrected chi connectivity index (χ3v) is 5.57. The van der Waals surface area contributed by atoms with E-state index >= 15 is 0 Å². The van der Waals surface area contributed by atoms with E-state index in [9.17, 15) is 14.7 Å². The lowest BCUT2D eigenvalue weighted by atomic mass is 10.2. The Bertz CT molecular complexity index is 1470. The summed E-state index contributed by atoms with van der Waals surface area (Å²) in [5.41, 5.74) is 4.09. The van der Waals surface area contributed by atoms with E-state index in [-0.39, 0.29) is 30.3 Å². The van der Waals surface area contributed by atoms with E-state index in [0.29, 0.717) is 5.75 Å². The monoisotopic (exact) mass is 477 g/mol. The highest BCUT2D eigenvalue weighted by Crippen LogP contribution is 2.18. The van der Waals surface area contributed by atoms with Crippen LogP contribution in [0.2, 0.25) is 0 Å². The molecule has 0 saturated heterocycles. The second kappa shape index (κ2) is 10.3. The van der Waals surface area contributed by atoms with Gasteiger partial charge in [-0.15, -0.1) is 0 Å². The Morgan fingerprint density at radius 3 is 2.69 bits per heavy atom. The molecule has 4 rings (SSSR count). The van der Waals surface area contributed by atoms with Crippen LogP contribution in [0.15, 0.2) is 63.5 Å². The molecule has 0 aliphatic carbocycles. The van der Waals surface area contributed by atoms with E-state index < -0.39 is 17.4 Å². The molecule has 182 valence electrons.